The lowest BCUT2D eigenvalue weighted by Crippen LogP contribution is -2.29. The number of benzene rings is 1. The Balaban J connectivity index is 1.54. The highest BCUT2D eigenvalue weighted by Crippen LogP contribution is 2.28. The van der Waals surface area contributed by atoms with Gasteiger partial charge >= 0.3 is 0 Å². The van der Waals surface area contributed by atoms with Gasteiger partial charge in [-0.25, -0.2) is 4.98 Å². The van der Waals surface area contributed by atoms with Gasteiger partial charge < -0.3 is 15.0 Å². The fraction of sp³-hybridized carbons (Fsp3) is 0.348. The van der Waals surface area contributed by atoms with Crippen LogP contribution in [0.25, 0.3) is 5.95 Å². The van der Waals surface area contributed by atoms with Crippen molar-refractivity contribution in [1.29, 1.82) is 0 Å². The quantitative estimate of drug-likeness (QED) is 0.569. The molecule has 1 aliphatic heterocycles. The van der Waals surface area contributed by atoms with Gasteiger partial charge in [-0.15, -0.1) is 0 Å². The lowest BCUT2D eigenvalue weighted by molar-refractivity contribution is -0.122. The Morgan fingerprint density at radius 3 is 2.85 bits per heavy atom. The highest BCUT2D eigenvalue weighted by molar-refractivity contribution is 6.03. The third-order valence-corrected chi connectivity index (χ3v) is 5.43. The van der Waals surface area contributed by atoms with Crippen molar-refractivity contribution in [3.05, 3.63) is 58.1 Å². The number of rotatable bonds is 7. The van der Waals surface area contributed by atoms with Crippen molar-refractivity contribution in [2.75, 3.05) is 23.9 Å². The molecule has 0 aliphatic carbocycles. The SMILES string of the molecule is CCCc1cc(=O)[nH]c(-n2nc(C)cc2NC(=O)C2CC(=O)N(c3cccc(OC)c3)C2)n1. The first-order chi connectivity index (χ1) is 15.9. The molecule has 2 N–H and O–H groups in total. The number of aromatic amines is 1. The van der Waals surface area contributed by atoms with Crippen molar-refractivity contribution < 1.29 is 14.3 Å². The summed E-state index contributed by atoms with van der Waals surface area (Å²) < 4.78 is 6.64. The number of carbonyl (C=O) groups is 2. The topological polar surface area (TPSA) is 122 Å². The number of methoxy groups -OCH3 is 1. The number of aromatic nitrogens is 4. The highest BCUT2D eigenvalue weighted by Gasteiger charge is 2.35. The van der Waals surface area contributed by atoms with Crippen molar-refractivity contribution in [3.8, 4) is 11.7 Å². The minimum absolute atomic E-state index is 0.0945. The third kappa shape index (κ3) is 4.79. The Bertz CT molecular complexity index is 1250. The number of amides is 2. The Morgan fingerprint density at radius 2 is 2.09 bits per heavy atom. The van der Waals surface area contributed by atoms with Gasteiger partial charge in [-0.2, -0.15) is 9.78 Å². The van der Waals surface area contributed by atoms with Crippen molar-refractivity contribution in [1.82, 2.24) is 19.7 Å². The molecule has 2 amide bonds. The lowest BCUT2D eigenvalue weighted by Gasteiger charge is -2.17. The number of anilines is 2. The molecule has 10 nitrogen and oxygen atoms in total. The fourth-order valence-corrected chi connectivity index (χ4v) is 3.87. The van der Waals surface area contributed by atoms with E-state index < -0.39 is 5.92 Å². The van der Waals surface area contributed by atoms with Gasteiger partial charge in [-0.3, -0.25) is 19.4 Å². The standard InChI is InChI=1S/C23H26N6O4/c1-4-6-16-11-20(30)26-23(24-16)29-19(9-14(2)27-29)25-22(32)15-10-21(31)28(13-15)17-7-5-8-18(12-17)33-3/h5,7-9,11-12,15H,4,6,10,13H2,1-3H3,(H,25,32)(H,24,26,30). The third-order valence-electron chi connectivity index (χ3n) is 5.43. The smallest absolute Gasteiger partial charge is 0.252 e. The van der Waals surface area contributed by atoms with E-state index in [9.17, 15) is 14.4 Å². The molecular formula is C23H26N6O4. The van der Waals surface area contributed by atoms with Crippen LogP contribution >= 0.6 is 0 Å². The molecule has 3 aromatic rings. The van der Waals surface area contributed by atoms with Gasteiger partial charge in [-0.1, -0.05) is 19.4 Å². The van der Waals surface area contributed by atoms with E-state index in [1.54, 1.807) is 43.2 Å². The maximum Gasteiger partial charge on any atom is 0.252 e. The zero-order valence-electron chi connectivity index (χ0n) is 18.8. The largest absolute Gasteiger partial charge is 0.497 e. The number of hydrogen-bond acceptors (Lipinski definition) is 6. The highest BCUT2D eigenvalue weighted by atomic mass is 16.5. The molecule has 3 heterocycles. The number of ether oxygens (including phenoxy) is 1. The average molecular weight is 450 g/mol. The van der Waals surface area contributed by atoms with E-state index >= 15 is 0 Å². The van der Waals surface area contributed by atoms with Gasteiger partial charge in [0, 0.05) is 42.5 Å². The van der Waals surface area contributed by atoms with Gasteiger partial charge in [0.15, 0.2) is 0 Å². The van der Waals surface area contributed by atoms with E-state index in [1.807, 2.05) is 13.0 Å². The predicted molar refractivity (Wildman–Crippen MR) is 123 cm³/mol. The number of H-pyrrole nitrogens is 1. The zero-order chi connectivity index (χ0) is 23.5. The molecule has 0 radical (unpaired) electrons. The predicted octanol–water partition coefficient (Wildman–Crippen LogP) is 2.22. The van der Waals surface area contributed by atoms with Crippen LogP contribution in [-0.2, 0) is 16.0 Å². The van der Waals surface area contributed by atoms with Gasteiger partial charge in [0.05, 0.1) is 18.7 Å². The van der Waals surface area contributed by atoms with Crippen LogP contribution in [0.5, 0.6) is 5.75 Å². The zero-order valence-corrected chi connectivity index (χ0v) is 18.8. The normalized spacial score (nSPS) is 15.7. The van der Waals surface area contributed by atoms with Gasteiger partial charge in [0.2, 0.25) is 17.8 Å². The minimum Gasteiger partial charge on any atom is -0.497 e. The molecule has 4 rings (SSSR count). The summed E-state index contributed by atoms with van der Waals surface area (Å²) in [5.41, 5.74) is 1.70. The van der Waals surface area contributed by atoms with Crippen LogP contribution in [0.15, 0.2) is 41.2 Å². The molecule has 2 aromatic heterocycles. The summed E-state index contributed by atoms with van der Waals surface area (Å²) >= 11 is 0. The van der Waals surface area contributed by atoms with E-state index in [2.05, 4.69) is 20.4 Å². The fourth-order valence-electron chi connectivity index (χ4n) is 3.87. The van der Waals surface area contributed by atoms with Crippen LogP contribution < -0.4 is 20.5 Å². The molecule has 0 bridgehead atoms. The molecule has 0 spiro atoms. The molecule has 0 saturated carbocycles. The molecule has 1 aromatic carbocycles. The molecule has 33 heavy (non-hydrogen) atoms. The summed E-state index contributed by atoms with van der Waals surface area (Å²) in [6.45, 7) is 4.04. The van der Waals surface area contributed by atoms with E-state index in [4.69, 9.17) is 4.74 Å². The first kappa shape index (κ1) is 22.3. The van der Waals surface area contributed by atoms with E-state index in [1.165, 1.54) is 10.7 Å². The molecule has 1 saturated heterocycles. The molecule has 1 atom stereocenters. The maximum atomic E-state index is 13.0. The van der Waals surface area contributed by atoms with Crippen LogP contribution in [0.1, 0.15) is 31.2 Å². The van der Waals surface area contributed by atoms with Crippen LogP contribution in [0.2, 0.25) is 0 Å². The molecule has 172 valence electrons. The summed E-state index contributed by atoms with van der Waals surface area (Å²) in [6, 6.07) is 10.3. The van der Waals surface area contributed by atoms with E-state index in [-0.39, 0.29) is 36.3 Å². The number of nitrogens with one attached hydrogen (secondary N) is 2. The van der Waals surface area contributed by atoms with Gasteiger partial charge in [0.1, 0.15) is 11.6 Å². The second-order valence-corrected chi connectivity index (χ2v) is 7.99. The second kappa shape index (κ2) is 9.27. The second-order valence-electron chi connectivity index (χ2n) is 7.99. The lowest BCUT2D eigenvalue weighted by atomic mass is 10.1. The molecular weight excluding hydrogens is 424 g/mol. The number of nitrogens with zero attached hydrogens (tertiary/aromatic N) is 4. The maximum absolute atomic E-state index is 13.0. The molecule has 10 heteroatoms. The first-order valence-corrected chi connectivity index (χ1v) is 10.8. The summed E-state index contributed by atoms with van der Waals surface area (Å²) in [4.78, 5) is 46.5. The molecule has 1 fully saturated rings. The average Bonchev–Trinajstić information content (AvgIpc) is 3.36. The van der Waals surface area contributed by atoms with Crippen LogP contribution in [-0.4, -0.2) is 45.2 Å². The molecule has 1 aliphatic rings. The van der Waals surface area contributed by atoms with Crippen LogP contribution in [0, 0.1) is 12.8 Å². The van der Waals surface area contributed by atoms with Gasteiger partial charge in [0.25, 0.3) is 5.56 Å². The Kier molecular flexibility index (Phi) is 6.25. The number of aryl methyl sites for hydroxylation is 2. The van der Waals surface area contributed by atoms with Gasteiger partial charge in [-0.05, 0) is 25.5 Å². The Labute approximate surface area is 190 Å². The van der Waals surface area contributed by atoms with Crippen molar-refractivity contribution in [2.45, 2.75) is 33.1 Å². The van der Waals surface area contributed by atoms with Crippen molar-refractivity contribution in [2.24, 2.45) is 5.92 Å². The van der Waals surface area contributed by atoms with Crippen molar-refractivity contribution in [3.63, 3.8) is 0 Å². The summed E-state index contributed by atoms with van der Waals surface area (Å²) in [7, 11) is 1.56. The Hall–Kier alpha value is -3.95. The first-order valence-electron chi connectivity index (χ1n) is 10.8. The van der Waals surface area contributed by atoms with E-state index in [0.29, 0.717) is 35.1 Å². The minimum atomic E-state index is -0.536. The van der Waals surface area contributed by atoms with Crippen LogP contribution in [0.3, 0.4) is 0 Å². The number of carbonyl (C=O) groups excluding carboxylic acids is 2. The van der Waals surface area contributed by atoms with Crippen LogP contribution in [0.4, 0.5) is 11.5 Å². The number of hydrogen-bond donors (Lipinski definition) is 2. The van der Waals surface area contributed by atoms with Crippen molar-refractivity contribution >= 4 is 23.3 Å². The summed E-state index contributed by atoms with van der Waals surface area (Å²) in [6.07, 6.45) is 1.59. The van der Waals surface area contributed by atoms with E-state index in [0.717, 1.165) is 6.42 Å². The summed E-state index contributed by atoms with van der Waals surface area (Å²) in [5, 5.41) is 7.23. The monoisotopic (exact) mass is 450 g/mol. The Morgan fingerprint density at radius 1 is 1.27 bits per heavy atom. The molecule has 1 unspecified atom stereocenters. The summed E-state index contributed by atoms with van der Waals surface area (Å²) in [5.74, 6) is 0.273.